The lowest BCUT2D eigenvalue weighted by Crippen LogP contribution is -2.24. The second kappa shape index (κ2) is 8.84. The van der Waals surface area contributed by atoms with Crippen molar-refractivity contribution in [3.8, 4) is 22.5 Å². The Morgan fingerprint density at radius 3 is 2.33 bits per heavy atom. The number of aryl methyl sites for hydroxylation is 1. The van der Waals surface area contributed by atoms with Crippen LogP contribution in [0, 0.1) is 0 Å². The lowest BCUT2D eigenvalue weighted by molar-refractivity contribution is -0.137. The fourth-order valence-corrected chi connectivity index (χ4v) is 3.92. The van der Waals surface area contributed by atoms with Gasteiger partial charge in [-0.2, -0.15) is 13.2 Å². The molecule has 3 aromatic carbocycles. The van der Waals surface area contributed by atoms with Crippen LogP contribution < -0.4 is 5.32 Å². The summed E-state index contributed by atoms with van der Waals surface area (Å²) < 4.78 is 40.6. The third-order valence-corrected chi connectivity index (χ3v) is 5.80. The molecule has 2 N–H and O–H groups in total. The predicted octanol–water partition coefficient (Wildman–Crippen LogP) is 6.08. The zero-order chi connectivity index (χ0) is 25.4. The number of imidazole rings is 1. The molecule has 5 rings (SSSR count). The molecular weight excluding hydrogens is 469 g/mol. The van der Waals surface area contributed by atoms with E-state index in [9.17, 15) is 22.8 Å². The highest BCUT2D eigenvalue weighted by Gasteiger charge is 2.30. The van der Waals surface area contributed by atoms with Gasteiger partial charge in [-0.3, -0.25) is 9.59 Å². The van der Waals surface area contributed by atoms with Crippen LogP contribution in [0.1, 0.15) is 16.1 Å². The SMILES string of the molecule is Cn1cccc1C(=O)C(=O)Nc1cccc(-c2ccc(-c3nc4ccc(C(F)(F)F)cc4[nH]3)cc2)c1. The van der Waals surface area contributed by atoms with Crippen LogP contribution in [0.5, 0.6) is 0 Å². The topological polar surface area (TPSA) is 79.8 Å². The van der Waals surface area contributed by atoms with Gasteiger partial charge in [-0.15, -0.1) is 0 Å². The predicted molar refractivity (Wildman–Crippen MR) is 130 cm³/mol. The van der Waals surface area contributed by atoms with Crippen LogP contribution in [0.25, 0.3) is 33.5 Å². The lowest BCUT2D eigenvalue weighted by atomic mass is 10.0. The van der Waals surface area contributed by atoms with Gasteiger partial charge >= 0.3 is 6.18 Å². The molecule has 5 aromatic rings. The molecule has 0 radical (unpaired) electrons. The van der Waals surface area contributed by atoms with Crippen LogP contribution in [-0.4, -0.2) is 26.2 Å². The molecule has 0 aliphatic heterocycles. The summed E-state index contributed by atoms with van der Waals surface area (Å²) in [5.74, 6) is -0.913. The van der Waals surface area contributed by atoms with Gasteiger partial charge in [-0.1, -0.05) is 36.4 Å². The molecule has 1 amide bonds. The molecule has 0 saturated carbocycles. The fraction of sp³-hybridized carbons (Fsp3) is 0.0741. The summed E-state index contributed by atoms with van der Waals surface area (Å²) in [7, 11) is 1.69. The van der Waals surface area contributed by atoms with Crippen LogP contribution in [0.4, 0.5) is 18.9 Å². The van der Waals surface area contributed by atoms with E-state index in [2.05, 4.69) is 15.3 Å². The number of carbonyl (C=O) groups excluding carboxylic acids is 2. The van der Waals surface area contributed by atoms with Crippen molar-refractivity contribution < 1.29 is 22.8 Å². The number of benzene rings is 3. The van der Waals surface area contributed by atoms with Gasteiger partial charge in [-0.05, 0) is 53.6 Å². The van der Waals surface area contributed by atoms with Crippen molar-refractivity contribution in [3.05, 3.63) is 96.3 Å². The standard InChI is InChI=1S/C27H19F3N4O2/c1-34-13-3-6-23(34)24(35)26(36)31-20-5-2-4-18(14-20)16-7-9-17(10-8-16)25-32-21-12-11-19(27(28,29)30)15-22(21)33-25/h2-15H,1H3,(H,31,36)(H,32,33). The van der Waals surface area contributed by atoms with Crippen molar-refractivity contribution in [2.24, 2.45) is 7.05 Å². The number of halogens is 3. The molecule has 180 valence electrons. The van der Waals surface area contributed by atoms with Crippen LogP contribution in [0.15, 0.2) is 85.1 Å². The molecule has 6 nitrogen and oxygen atoms in total. The van der Waals surface area contributed by atoms with E-state index >= 15 is 0 Å². The van der Waals surface area contributed by atoms with Crippen molar-refractivity contribution in [1.82, 2.24) is 14.5 Å². The Morgan fingerprint density at radius 1 is 0.889 bits per heavy atom. The summed E-state index contributed by atoms with van der Waals surface area (Å²) in [5.41, 5.74) is 3.14. The molecule has 36 heavy (non-hydrogen) atoms. The first kappa shape index (κ1) is 23.1. The van der Waals surface area contributed by atoms with E-state index in [0.717, 1.165) is 23.3 Å². The maximum absolute atomic E-state index is 13.0. The number of hydrogen-bond acceptors (Lipinski definition) is 3. The Balaban J connectivity index is 1.35. The quantitative estimate of drug-likeness (QED) is 0.233. The summed E-state index contributed by atoms with van der Waals surface area (Å²) in [6, 6.07) is 21.1. The Kier molecular flexibility index (Phi) is 5.68. The monoisotopic (exact) mass is 488 g/mol. The van der Waals surface area contributed by atoms with Crippen LogP contribution in [0.2, 0.25) is 0 Å². The minimum Gasteiger partial charge on any atom is -0.348 e. The third-order valence-electron chi connectivity index (χ3n) is 5.80. The Hall–Kier alpha value is -4.66. The number of Topliss-reactive ketones (excluding diaryl/α,β-unsaturated/α-hetero) is 1. The summed E-state index contributed by atoms with van der Waals surface area (Å²) in [5, 5.41) is 2.64. The van der Waals surface area contributed by atoms with Crippen molar-refractivity contribution in [2.75, 3.05) is 5.32 Å². The van der Waals surface area contributed by atoms with Crippen LogP contribution in [0.3, 0.4) is 0 Å². The van der Waals surface area contributed by atoms with Gasteiger partial charge in [0.1, 0.15) is 5.82 Å². The fourth-order valence-electron chi connectivity index (χ4n) is 3.92. The number of rotatable bonds is 5. The number of alkyl halides is 3. The average molecular weight is 488 g/mol. The van der Waals surface area contributed by atoms with Gasteiger partial charge in [0.05, 0.1) is 22.3 Å². The molecule has 9 heteroatoms. The van der Waals surface area contributed by atoms with Gasteiger partial charge in [0.25, 0.3) is 11.7 Å². The molecule has 0 bridgehead atoms. The number of hydrogen-bond donors (Lipinski definition) is 2. The Labute approximate surface area is 203 Å². The zero-order valence-electron chi connectivity index (χ0n) is 18.9. The van der Waals surface area contributed by atoms with Gasteiger partial charge in [0.15, 0.2) is 0 Å². The highest BCUT2D eigenvalue weighted by Crippen LogP contribution is 2.32. The van der Waals surface area contributed by atoms with Crippen molar-refractivity contribution >= 4 is 28.4 Å². The molecule has 0 unspecified atom stereocenters. The van der Waals surface area contributed by atoms with E-state index in [1.165, 1.54) is 6.07 Å². The normalized spacial score (nSPS) is 11.6. The molecule has 0 aliphatic rings. The number of ketones is 1. The minimum absolute atomic E-state index is 0.291. The van der Waals surface area contributed by atoms with Gasteiger partial charge in [0, 0.05) is 24.5 Å². The first-order chi connectivity index (χ1) is 17.2. The van der Waals surface area contributed by atoms with Gasteiger partial charge in [0.2, 0.25) is 0 Å². The number of fused-ring (bicyclic) bond motifs is 1. The van der Waals surface area contributed by atoms with E-state index in [-0.39, 0.29) is 0 Å². The third kappa shape index (κ3) is 4.50. The first-order valence-corrected chi connectivity index (χ1v) is 10.9. The van der Waals surface area contributed by atoms with Crippen LogP contribution >= 0.6 is 0 Å². The molecule has 0 fully saturated rings. The molecule has 0 aliphatic carbocycles. The number of H-pyrrole nitrogens is 1. The van der Waals surface area contributed by atoms with E-state index in [4.69, 9.17) is 0 Å². The number of amides is 1. The average Bonchev–Trinajstić information content (AvgIpc) is 3.49. The van der Waals surface area contributed by atoms with Crippen molar-refractivity contribution in [3.63, 3.8) is 0 Å². The highest BCUT2D eigenvalue weighted by molar-refractivity contribution is 6.46. The Bertz CT molecular complexity index is 1600. The van der Waals surface area contributed by atoms with E-state index < -0.39 is 23.4 Å². The van der Waals surface area contributed by atoms with E-state index in [0.29, 0.717) is 33.8 Å². The molecular formula is C27H19F3N4O2. The highest BCUT2D eigenvalue weighted by atomic mass is 19.4. The summed E-state index contributed by atoms with van der Waals surface area (Å²) >= 11 is 0. The van der Waals surface area contributed by atoms with Crippen molar-refractivity contribution in [2.45, 2.75) is 6.18 Å². The summed E-state index contributed by atoms with van der Waals surface area (Å²) in [6.45, 7) is 0. The second-order valence-electron chi connectivity index (χ2n) is 8.26. The maximum atomic E-state index is 13.0. The zero-order valence-corrected chi connectivity index (χ0v) is 18.9. The number of carbonyl (C=O) groups is 2. The van der Waals surface area contributed by atoms with Gasteiger partial charge < -0.3 is 14.9 Å². The van der Waals surface area contributed by atoms with E-state index in [1.807, 2.05) is 30.3 Å². The van der Waals surface area contributed by atoms with Crippen molar-refractivity contribution in [1.29, 1.82) is 0 Å². The Morgan fingerprint density at radius 2 is 1.64 bits per heavy atom. The molecule has 0 atom stereocenters. The number of aromatic nitrogens is 3. The lowest BCUT2D eigenvalue weighted by Gasteiger charge is -2.08. The molecule has 2 aromatic heterocycles. The number of anilines is 1. The number of nitrogens with zero attached hydrogens (tertiary/aromatic N) is 2. The smallest absolute Gasteiger partial charge is 0.348 e. The van der Waals surface area contributed by atoms with Gasteiger partial charge in [-0.25, -0.2) is 4.98 Å². The first-order valence-electron chi connectivity index (χ1n) is 10.9. The number of nitrogens with one attached hydrogen (secondary N) is 2. The number of aromatic amines is 1. The van der Waals surface area contributed by atoms with Crippen LogP contribution in [-0.2, 0) is 18.0 Å². The molecule has 0 saturated heterocycles. The summed E-state index contributed by atoms with van der Waals surface area (Å²) in [6.07, 6.45) is -2.74. The largest absolute Gasteiger partial charge is 0.416 e. The van der Waals surface area contributed by atoms with E-state index in [1.54, 1.807) is 48.1 Å². The molecule has 2 heterocycles. The second-order valence-corrected chi connectivity index (χ2v) is 8.26. The maximum Gasteiger partial charge on any atom is 0.416 e. The summed E-state index contributed by atoms with van der Waals surface area (Å²) in [4.78, 5) is 32.2. The minimum atomic E-state index is -4.43. The molecule has 0 spiro atoms.